The Morgan fingerprint density at radius 1 is 1.61 bits per heavy atom. The van der Waals surface area contributed by atoms with Crippen molar-refractivity contribution in [1.29, 1.82) is 0 Å². The summed E-state index contributed by atoms with van der Waals surface area (Å²) in [6.45, 7) is 0.372. The molecule has 1 N–H and O–H groups in total. The molecule has 0 aromatic heterocycles. The standard InChI is InChI=1S/C12H14BrClFNO2/c1-18-7-9(4-5-14)16-12(17)8-2-3-10(13)11(15)6-8/h2-3,6,9H,4-5,7H2,1H3,(H,16,17). The fourth-order valence-corrected chi connectivity index (χ4v) is 1.95. The van der Waals surface area contributed by atoms with E-state index in [1.165, 1.54) is 12.1 Å². The third kappa shape index (κ3) is 4.55. The molecule has 1 rings (SSSR count). The summed E-state index contributed by atoms with van der Waals surface area (Å²) >= 11 is 8.67. The Morgan fingerprint density at radius 3 is 2.89 bits per heavy atom. The topological polar surface area (TPSA) is 38.3 Å². The lowest BCUT2D eigenvalue weighted by molar-refractivity contribution is 0.0894. The molecule has 0 fully saturated rings. The molecule has 1 amide bonds. The van der Waals surface area contributed by atoms with Crippen LogP contribution in [0, 0.1) is 5.82 Å². The van der Waals surface area contributed by atoms with Crippen molar-refractivity contribution in [2.24, 2.45) is 0 Å². The molecule has 6 heteroatoms. The molecule has 0 heterocycles. The summed E-state index contributed by atoms with van der Waals surface area (Å²) in [5.41, 5.74) is 0.270. The Balaban J connectivity index is 2.70. The van der Waals surface area contributed by atoms with Crippen LogP contribution in [0.2, 0.25) is 0 Å². The fraction of sp³-hybridized carbons (Fsp3) is 0.417. The van der Waals surface area contributed by atoms with Crippen LogP contribution in [0.4, 0.5) is 4.39 Å². The summed E-state index contributed by atoms with van der Waals surface area (Å²) < 4.78 is 18.6. The SMILES string of the molecule is COCC(CCCl)NC(=O)c1ccc(Br)c(F)c1. The van der Waals surface area contributed by atoms with Gasteiger partial charge < -0.3 is 10.1 Å². The second kappa shape index (κ2) is 7.71. The zero-order valence-electron chi connectivity index (χ0n) is 9.88. The van der Waals surface area contributed by atoms with Gasteiger partial charge in [0, 0.05) is 18.6 Å². The summed E-state index contributed by atoms with van der Waals surface area (Å²) in [7, 11) is 1.55. The first-order valence-corrected chi connectivity index (χ1v) is 6.72. The minimum absolute atomic E-state index is 0.174. The Hall–Kier alpha value is -0.650. The number of carbonyl (C=O) groups excluding carboxylic acids is 1. The smallest absolute Gasteiger partial charge is 0.251 e. The van der Waals surface area contributed by atoms with E-state index in [-0.39, 0.29) is 17.5 Å². The number of carbonyl (C=O) groups is 1. The maximum Gasteiger partial charge on any atom is 0.251 e. The highest BCUT2D eigenvalue weighted by Gasteiger charge is 2.14. The van der Waals surface area contributed by atoms with Crippen molar-refractivity contribution in [2.75, 3.05) is 19.6 Å². The van der Waals surface area contributed by atoms with E-state index in [1.54, 1.807) is 13.2 Å². The number of ether oxygens (including phenoxy) is 1. The summed E-state index contributed by atoms with van der Waals surface area (Å²) in [5, 5.41) is 2.75. The van der Waals surface area contributed by atoms with E-state index in [1.807, 2.05) is 0 Å². The molecule has 0 saturated carbocycles. The Labute approximate surface area is 119 Å². The van der Waals surface area contributed by atoms with Crippen molar-refractivity contribution in [3.05, 3.63) is 34.1 Å². The molecule has 100 valence electrons. The van der Waals surface area contributed by atoms with Crippen molar-refractivity contribution in [3.8, 4) is 0 Å². The lowest BCUT2D eigenvalue weighted by atomic mass is 10.1. The number of alkyl halides is 1. The van der Waals surface area contributed by atoms with Gasteiger partial charge in [0.25, 0.3) is 5.91 Å². The van der Waals surface area contributed by atoms with Crippen LogP contribution in [0.25, 0.3) is 0 Å². The van der Waals surface area contributed by atoms with E-state index < -0.39 is 5.82 Å². The number of halogens is 3. The molecule has 0 bridgehead atoms. The molecule has 0 aliphatic heterocycles. The highest BCUT2D eigenvalue weighted by atomic mass is 79.9. The third-order valence-corrected chi connectivity index (χ3v) is 3.20. The van der Waals surface area contributed by atoms with Gasteiger partial charge in [0.1, 0.15) is 5.82 Å². The molecule has 1 unspecified atom stereocenters. The van der Waals surface area contributed by atoms with Crippen LogP contribution in [-0.2, 0) is 4.74 Å². The zero-order valence-corrected chi connectivity index (χ0v) is 12.2. The number of benzene rings is 1. The number of rotatable bonds is 6. The highest BCUT2D eigenvalue weighted by Crippen LogP contribution is 2.16. The fourth-order valence-electron chi connectivity index (χ4n) is 1.44. The summed E-state index contributed by atoms with van der Waals surface area (Å²) in [4.78, 5) is 11.9. The molecular weight excluding hydrogens is 324 g/mol. The third-order valence-electron chi connectivity index (χ3n) is 2.34. The molecule has 3 nitrogen and oxygen atoms in total. The first-order chi connectivity index (χ1) is 8.58. The van der Waals surface area contributed by atoms with Crippen LogP contribution in [0.15, 0.2) is 22.7 Å². The molecule has 0 radical (unpaired) electrons. The van der Waals surface area contributed by atoms with Gasteiger partial charge in [-0.05, 0) is 40.5 Å². The average molecular weight is 339 g/mol. The summed E-state index contributed by atoms with van der Waals surface area (Å²) in [5.74, 6) is -0.389. The first-order valence-electron chi connectivity index (χ1n) is 5.39. The maximum atomic E-state index is 13.3. The van der Waals surface area contributed by atoms with Crippen molar-refractivity contribution in [1.82, 2.24) is 5.32 Å². The lowest BCUT2D eigenvalue weighted by Crippen LogP contribution is -2.38. The van der Waals surface area contributed by atoms with E-state index in [9.17, 15) is 9.18 Å². The predicted molar refractivity (Wildman–Crippen MR) is 72.6 cm³/mol. The van der Waals surface area contributed by atoms with Gasteiger partial charge >= 0.3 is 0 Å². The Morgan fingerprint density at radius 2 is 2.33 bits per heavy atom. The number of hydrogen-bond acceptors (Lipinski definition) is 2. The number of methoxy groups -OCH3 is 1. The van der Waals surface area contributed by atoms with E-state index in [2.05, 4.69) is 21.2 Å². The van der Waals surface area contributed by atoms with Gasteiger partial charge in [0.15, 0.2) is 0 Å². The molecule has 1 atom stereocenters. The minimum Gasteiger partial charge on any atom is -0.383 e. The van der Waals surface area contributed by atoms with Crippen molar-refractivity contribution < 1.29 is 13.9 Å². The molecule has 0 aliphatic rings. The number of hydrogen-bond donors (Lipinski definition) is 1. The quantitative estimate of drug-likeness (QED) is 0.810. The molecule has 0 aliphatic carbocycles. The Kier molecular flexibility index (Phi) is 6.60. The Bertz CT molecular complexity index is 411. The van der Waals surface area contributed by atoms with Gasteiger partial charge in [-0.2, -0.15) is 0 Å². The van der Waals surface area contributed by atoms with Gasteiger partial charge in [0.2, 0.25) is 0 Å². The van der Waals surface area contributed by atoms with E-state index in [4.69, 9.17) is 16.3 Å². The van der Waals surface area contributed by atoms with E-state index >= 15 is 0 Å². The average Bonchev–Trinajstić information content (AvgIpc) is 2.33. The highest BCUT2D eigenvalue weighted by molar-refractivity contribution is 9.10. The van der Waals surface area contributed by atoms with Crippen molar-refractivity contribution in [2.45, 2.75) is 12.5 Å². The van der Waals surface area contributed by atoms with E-state index in [0.29, 0.717) is 23.4 Å². The van der Waals surface area contributed by atoms with Gasteiger partial charge in [0.05, 0.1) is 17.1 Å². The van der Waals surface area contributed by atoms with Crippen molar-refractivity contribution >= 4 is 33.4 Å². The predicted octanol–water partition coefficient (Wildman–Crippen LogP) is 2.96. The molecule has 0 spiro atoms. The summed E-state index contributed by atoms with van der Waals surface area (Å²) in [6, 6.07) is 4.06. The first kappa shape index (κ1) is 15.4. The second-order valence-electron chi connectivity index (χ2n) is 3.73. The number of nitrogens with one attached hydrogen (secondary N) is 1. The maximum absolute atomic E-state index is 13.3. The monoisotopic (exact) mass is 337 g/mol. The minimum atomic E-state index is -0.469. The van der Waals surface area contributed by atoms with Crippen LogP contribution < -0.4 is 5.32 Å². The molecule has 1 aromatic rings. The number of amides is 1. The summed E-state index contributed by atoms with van der Waals surface area (Å²) in [6.07, 6.45) is 0.597. The normalized spacial score (nSPS) is 12.2. The largest absolute Gasteiger partial charge is 0.383 e. The van der Waals surface area contributed by atoms with Crippen LogP contribution in [0.3, 0.4) is 0 Å². The van der Waals surface area contributed by atoms with Gasteiger partial charge in [-0.15, -0.1) is 11.6 Å². The lowest BCUT2D eigenvalue weighted by Gasteiger charge is -2.16. The van der Waals surface area contributed by atoms with Crippen LogP contribution in [0.5, 0.6) is 0 Å². The molecule has 0 saturated heterocycles. The van der Waals surface area contributed by atoms with Crippen LogP contribution in [0.1, 0.15) is 16.8 Å². The van der Waals surface area contributed by atoms with Crippen molar-refractivity contribution in [3.63, 3.8) is 0 Å². The molecule has 1 aromatic carbocycles. The van der Waals surface area contributed by atoms with Crippen LogP contribution >= 0.6 is 27.5 Å². The second-order valence-corrected chi connectivity index (χ2v) is 4.96. The van der Waals surface area contributed by atoms with Gasteiger partial charge in [-0.1, -0.05) is 0 Å². The zero-order chi connectivity index (χ0) is 13.5. The van der Waals surface area contributed by atoms with Crippen LogP contribution in [-0.4, -0.2) is 31.5 Å². The van der Waals surface area contributed by atoms with Gasteiger partial charge in [-0.25, -0.2) is 4.39 Å². The molecular formula is C12H14BrClFNO2. The van der Waals surface area contributed by atoms with E-state index in [0.717, 1.165) is 0 Å². The van der Waals surface area contributed by atoms with Gasteiger partial charge in [-0.3, -0.25) is 4.79 Å². The molecule has 18 heavy (non-hydrogen) atoms.